The van der Waals surface area contributed by atoms with Gasteiger partial charge in [0, 0.05) is 10.4 Å². The van der Waals surface area contributed by atoms with Crippen LogP contribution in [0.1, 0.15) is 34.0 Å². The molecule has 0 amide bonds. The van der Waals surface area contributed by atoms with E-state index in [-0.39, 0.29) is 17.2 Å². The number of nitriles is 1. The Kier molecular flexibility index (Phi) is 6.62. The molecule has 0 saturated carbocycles. The van der Waals surface area contributed by atoms with Gasteiger partial charge in [0.25, 0.3) is 0 Å². The molecule has 0 radical (unpaired) electrons. The minimum atomic E-state index is -4.99. The summed E-state index contributed by atoms with van der Waals surface area (Å²) in [4.78, 5) is 13.2. The number of aryl methyl sites for hydroxylation is 1. The van der Waals surface area contributed by atoms with Gasteiger partial charge in [-0.3, -0.25) is 0 Å². The van der Waals surface area contributed by atoms with Crippen LogP contribution in [0.5, 0.6) is 5.75 Å². The molecule has 0 aliphatic carbocycles. The quantitative estimate of drug-likeness (QED) is 0.643. The van der Waals surface area contributed by atoms with E-state index < -0.39 is 22.6 Å². The highest BCUT2D eigenvalue weighted by molar-refractivity contribution is 7.81. The van der Waals surface area contributed by atoms with E-state index in [1.54, 1.807) is 6.92 Å². The van der Waals surface area contributed by atoms with Crippen LogP contribution in [-0.4, -0.2) is 22.3 Å². The molecule has 0 saturated heterocycles. The van der Waals surface area contributed by atoms with Crippen LogP contribution in [0.25, 0.3) is 11.1 Å². The van der Waals surface area contributed by atoms with Crippen LogP contribution in [0.4, 0.5) is 13.2 Å². The lowest BCUT2D eigenvalue weighted by Gasteiger charge is -2.09. The van der Waals surface area contributed by atoms with Gasteiger partial charge in [-0.25, -0.2) is 9.00 Å². The standard InChI is InChI=1S/C17H14F3NO4S2/c1-3-13-12(9-21)14(15(26-13)16(22)24-4-2)10-5-7-11(8-6-10)25-27(23)17(18,19)20/h5-8H,3-4H2,1-2H3. The first kappa shape index (κ1) is 20.9. The van der Waals surface area contributed by atoms with E-state index in [0.29, 0.717) is 28.0 Å². The molecule has 0 fully saturated rings. The van der Waals surface area contributed by atoms with Crippen LogP contribution >= 0.6 is 11.3 Å². The Bertz CT molecular complexity index is 899. The van der Waals surface area contributed by atoms with E-state index in [2.05, 4.69) is 10.3 Å². The number of rotatable bonds is 6. The number of hydrogen-bond donors (Lipinski definition) is 0. The second-order valence-electron chi connectivity index (χ2n) is 5.08. The van der Waals surface area contributed by atoms with Gasteiger partial charge in [0.1, 0.15) is 16.7 Å². The van der Waals surface area contributed by atoms with E-state index in [9.17, 15) is 27.4 Å². The molecule has 27 heavy (non-hydrogen) atoms. The van der Waals surface area contributed by atoms with E-state index in [0.717, 1.165) is 11.3 Å². The van der Waals surface area contributed by atoms with E-state index in [1.165, 1.54) is 24.3 Å². The minimum absolute atomic E-state index is 0.162. The molecule has 0 N–H and O–H groups in total. The fourth-order valence-corrected chi connectivity index (χ4v) is 3.76. The highest BCUT2D eigenvalue weighted by Gasteiger charge is 2.40. The average molecular weight is 417 g/mol. The molecule has 0 spiro atoms. The van der Waals surface area contributed by atoms with Gasteiger partial charge in [-0.2, -0.15) is 18.4 Å². The predicted octanol–water partition coefficient (Wildman–Crippen LogP) is 4.59. The number of carbonyl (C=O) groups excluding carboxylic acids is 1. The monoisotopic (exact) mass is 417 g/mol. The van der Waals surface area contributed by atoms with Gasteiger partial charge in [0.05, 0.1) is 12.2 Å². The second kappa shape index (κ2) is 8.54. The third kappa shape index (κ3) is 4.67. The Morgan fingerprint density at radius 1 is 1.26 bits per heavy atom. The molecule has 1 unspecified atom stereocenters. The van der Waals surface area contributed by atoms with Gasteiger partial charge in [-0.05, 0) is 31.0 Å². The van der Waals surface area contributed by atoms with Crippen LogP contribution in [0.2, 0.25) is 0 Å². The molecule has 5 nitrogen and oxygen atoms in total. The summed E-state index contributed by atoms with van der Waals surface area (Å²) in [5.74, 6) is -0.830. The largest absolute Gasteiger partial charge is 0.508 e. The molecule has 2 rings (SSSR count). The Morgan fingerprint density at radius 3 is 2.37 bits per heavy atom. The third-order valence-electron chi connectivity index (χ3n) is 3.38. The molecule has 1 heterocycles. The van der Waals surface area contributed by atoms with Crippen molar-refractivity contribution in [2.24, 2.45) is 0 Å². The fraction of sp³-hybridized carbons (Fsp3) is 0.294. The maximum Gasteiger partial charge on any atom is 0.508 e. The SMILES string of the molecule is CCOC(=O)c1sc(CC)c(C#N)c1-c1ccc(OS(=O)C(F)(F)F)cc1. The summed E-state index contributed by atoms with van der Waals surface area (Å²) in [6.07, 6.45) is 0.533. The van der Waals surface area contributed by atoms with Crippen molar-refractivity contribution >= 4 is 28.4 Å². The summed E-state index contributed by atoms with van der Waals surface area (Å²) < 4.78 is 57.4. The van der Waals surface area contributed by atoms with Gasteiger partial charge >= 0.3 is 22.6 Å². The highest BCUT2D eigenvalue weighted by Crippen LogP contribution is 2.38. The fourth-order valence-electron chi connectivity index (χ4n) is 2.27. The van der Waals surface area contributed by atoms with Crippen LogP contribution in [0.15, 0.2) is 24.3 Å². The van der Waals surface area contributed by atoms with Crippen molar-refractivity contribution in [3.63, 3.8) is 0 Å². The summed E-state index contributed by atoms with van der Waals surface area (Å²) in [6.45, 7) is 3.66. The number of hydrogen-bond acceptors (Lipinski definition) is 6. The van der Waals surface area contributed by atoms with Crippen molar-refractivity contribution in [1.82, 2.24) is 0 Å². The molecule has 10 heteroatoms. The minimum Gasteiger partial charge on any atom is -0.462 e. The van der Waals surface area contributed by atoms with Crippen molar-refractivity contribution in [2.45, 2.75) is 25.8 Å². The maximum atomic E-state index is 12.3. The van der Waals surface area contributed by atoms with Crippen molar-refractivity contribution in [2.75, 3.05) is 6.61 Å². The summed E-state index contributed by atoms with van der Waals surface area (Å²) in [5, 5.41) is 9.49. The third-order valence-corrected chi connectivity index (χ3v) is 5.41. The first-order chi connectivity index (χ1) is 12.7. The number of carbonyl (C=O) groups is 1. The topological polar surface area (TPSA) is 76.4 Å². The number of halogens is 3. The molecule has 2 aromatic rings. The van der Waals surface area contributed by atoms with E-state index >= 15 is 0 Å². The average Bonchev–Trinajstić information content (AvgIpc) is 3.00. The molecule has 1 aromatic heterocycles. The first-order valence-electron chi connectivity index (χ1n) is 7.73. The number of ether oxygens (including phenoxy) is 1. The lowest BCUT2D eigenvalue weighted by atomic mass is 10.00. The van der Waals surface area contributed by atoms with Crippen LogP contribution in [0, 0.1) is 11.3 Å². The Balaban J connectivity index is 2.45. The van der Waals surface area contributed by atoms with Crippen molar-refractivity contribution in [1.29, 1.82) is 5.26 Å². The Morgan fingerprint density at radius 2 is 1.89 bits per heavy atom. The van der Waals surface area contributed by atoms with Crippen LogP contribution in [0.3, 0.4) is 0 Å². The lowest BCUT2D eigenvalue weighted by Crippen LogP contribution is -2.20. The number of nitrogens with zero attached hydrogens (tertiary/aromatic N) is 1. The first-order valence-corrected chi connectivity index (χ1v) is 9.62. The summed E-state index contributed by atoms with van der Waals surface area (Å²) >= 11 is -2.34. The zero-order chi connectivity index (χ0) is 20.2. The molecule has 0 aliphatic heterocycles. The number of thiophene rings is 1. The number of benzene rings is 1. The smallest absolute Gasteiger partial charge is 0.462 e. The molecule has 144 valence electrons. The van der Waals surface area contributed by atoms with Crippen molar-refractivity contribution in [3.05, 3.63) is 39.6 Å². The second-order valence-corrected chi connectivity index (χ2v) is 7.28. The summed E-state index contributed by atoms with van der Waals surface area (Å²) in [7, 11) is 0. The van der Waals surface area contributed by atoms with Gasteiger partial charge in [0.2, 0.25) is 0 Å². The molecule has 0 bridgehead atoms. The molecule has 1 atom stereocenters. The van der Waals surface area contributed by atoms with Crippen LogP contribution < -0.4 is 4.18 Å². The zero-order valence-electron chi connectivity index (χ0n) is 14.3. The number of esters is 1. The zero-order valence-corrected chi connectivity index (χ0v) is 15.9. The highest BCUT2D eigenvalue weighted by atomic mass is 32.2. The van der Waals surface area contributed by atoms with E-state index in [1.807, 2.05) is 6.92 Å². The molecular formula is C17H14F3NO4S2. The Labute approximate surface area is 160 Å². The summed E-state index contributed by atoms with van der Waals surface area (Å²) in [6, 6.07) is 7.25. The molecular weight excluding hydrogens is 403 g/mol. The van der Waals surface area contributed by atoms with Crippen molar-refractivity contribution in [3.8, 4) is 22.9 Å². The van der Waals surface area contributed by atoms with Gasteiger partial charge in [0.15, 0.2) is 0 Å². The normalized spacial score (nSPS) is 12.3. The lowest BCUT2D eigenvalue weighted by molar-refractivity contribution is -0.0437. The van der Waals surface area contributed by atoms with Gasteiger partial charge in [-0.1, -0.05) is 19.1 Å². The van der Waals surface area contributed by atoms with E-state index in [4.69, 9.17) is 4.74 Å². The maximum absolute atomic E-state index is 12.3. The Hall–Kier alpha value is -2.38. The van der Waals surface area contributed by atoms with Gasteiger partial charge < -0.3 is 8.92 Å². The van der Waals surface area contributed by atoms with Crippen LogP contribution in [-0.2, 0) is 22.2 Å². The molecule has 1 aromatic carbocycles. The summed E-state index contributed by atoms with van der Waals surface area (Å²) in [5.41, 5.74) is -3.87. The number of alkyl halides is 3. The predicted molar refractivity (Wildman–Crippen MR) is 94.6 cm³/mol. The molecule has 0 aliphatic rings. The van der Waals surface area contributed by atoms with Crippen molar-refractivity contribution < 1.29 is 31.1 Å². The van der Waals surface area contributed by atoms with Gasteiger partial charge in [-0.15, -0.1) is 11.3 Å².